The van der Waals surface area contributed by atoms with Crippen molar-refractivity contribution in [2.24, 2.45) is 11.7 Å². The van der Waals surface area contributed by atoms with Crippen LogP contribution < -0.4 is 5.73 Å². The van der Waals surface area contributed by atoms with Crippen molar-refractivity contribution < 1.29 is 9.50 Å². The van der Waals surface area contributed by atoms with Crippen LogP contribution in [-0.2, 0) is 0 Å². The summed E-state index contributed by atoms with van der Waals surface area (Å²) in [5.74, 6) is -0.0554. The van der Waals surface area contributed by atoms with Gasteiger partial charge in [0.05, 0.1) is 0 Å². The maximum absolute atomic E-state index is 13.8. The van der Waals surface area contributed by atoms with E-state index in [1.807, 2.05) is 0 Å². The van der Waals surface area contributed by atoms with E-state index in [1.54, 1.807) is 13.0 Å². The fourth-order valence-electron chi connectivity index (χ4n) is 2.74. The van der Waals surface area contributed by atoms with Gasteiger partial charge in [0, 0.05) is 11.6 Å². The summed E-state index contributed by atoms with van der Waals surface area (Å²) in [5.41, 5.74) is 7.13. The van der Waals surface area contributed by atoms with Gasteiger partial charge in [0.1, 0.15) is 11.6 Å². The number of aryl methyl sites for hydroxylation is 1. The molecule has 1 aromatic rings. The molecule has 1 atom stereocenters. The molecule has 1 aliphatic rings. The van der Waals surface area contributed by atoms with Crippen LogP contribution in [0.5, 0.6) is 5.75 Å². The first-order chi connectivity index (χ1) is 8.11. The lowest BCUT2D eigenvalue weighted by atomic mass is 9.81. The number of hydrogen-bond donors (Lipinski definition) is 2. The average molecular weight is 237 g/mol. The highest BCUT2D eigenvalue weighted by molar-refractivity contribution is 5.42. The van der Waals surface area contributed by atoms with Crippen LogP contribution in [0.2, 0.25) is 0 Å². The van der Waals surface area contributed by atoms with Crippen LogP contribution in [0.4, 0.5) is 4.39 Å². The van der Waals surface area contributed by atoms with E-state index in [2.05, 4.69) is 0 Å². The van der Waals surface area contributed by atoms with Gasteiger partial charge in [-0.15, -0.1) is 0 Å². The predicted molar refractivity (Wildman–Crippen MR) is 66.3 cm³/mol. The molecule has 0 unspecified atom stereocenters. The van der Waals surface area contributed by atoms with Gasteiger partial charge in [0.25, 0.3) is 0 Å². The van der Waals surface area contributed by atoms with E-state index in [4.69, 9.17) is 5.73 Å². The Labute approximate surface area is 102 Å². The molecule has 17 heavy (non-hydrogen) atoms. The Balaban J connectivity index is 2.29. The molecule has 1 aromatic carbocycles. The first-order valence-electron chi connectivity index (χ1n) is 6.35. The average Bonchev–Trinajstić information content (AvgIpc) is 2.35. The van der Waals surface area contributed by atoms with Gasteiger partial charge in [0.15, 0.2) is 0 Å². The van der Waals surface area contributed by atoms with Crippen molar-refractivity contribution in [2.75, 3.05) is 0 Å². The topological polar surface area (TPSA) is 46.2 Å². The molecule has 0 aromatic heterocycles. The minimum Gasteiger partial charge on any atom is -0.507 e. The maximum Gasteiger partial charge on any atom is 0.131 e. The third kappa shape index (κ3) is 2.44. The summed E-state index contributed by atoms with van der Waals surface area (Å²) in [5, 5.41) is 9.96. The van der Waals surface area contributed by atoms with E-state index in [9.17, 15) is 9.50 Å². The van der Waals surface area contributed by atoms with Gasteiger partial charge in [-0.3, -0.25) is 0 Å². The molecule has 0 bridgehead atoms. The molecule has 1 aliphatic carbocycles. The lowest BCUT2D eigenvalue weighted by Gasteiger charge is -2.28. The van der Waals surface area contributed by atoms with Crippen LogP contribution in [0, 0.1) is 18.7 Å². The Morgan fingerprint density at radius 1 is 1.29 bits per heavy atom. The van der Waals surface area contributed by atoms with Gasteiger partial charge in [-0.2, -0.15) is 0 Å². The molecule has 0 spiro atoms. The number of benzene rings is 1. The third-order valence-corrected chi connectivity index (χ3v) is 3.86. The number of aromatic hydroxyl groups is 1. The van der Waals surface area contributed by atoms with Crippen molar-refractivity contribution >= 4 is 0 Å². The molecule has 94 valence electrons. The molecule has 2 rings (SSSR count). The number of rotatable bonds is 2. The largest absolute Gasteiger partial charge is 0.507 e. The number of phenolic OH excluding ortho intramolecular Hbond substituents is 1. The smallest absolute Gasteiger partial charge is 0.131 e. The van der Waals surface area contributed by atoms with Crippen LogP contribution in [-0.4, -0.2) is 5.11 Å². The molecule has 1 fully saturated rings. The highest BCUT2D eigenvalue weighted by atomic mass is 19.1. The Morgan fingerprint density at radius 2 is 1.94 bits per heavy atom. The number of hydrogen-bond acceptors (Lipinski definition) is 2. The van der Waals surface area contributed by atoms with E-state index in [0.29, 0.717) is 17.0 Å². The number of nitrogens with two attached hydrogens (primary N) is 1. The minimum absolute atomic E-state index is 0.0306. The fourth-order valence-corrected chi connectivity index (χ4v) is 2.74. The normalized spacial score (nSPS) is 19.2. The summed E-state index contributed by atoms with van der Waals surface area (Å²) < 4.78 is 13.8. The van der Waals surface area contributed by atoms with Gasteiger partial charge in [-0.05, 0) is 37.3 Å². The minimum atomic E-state index is -0.383. The fraction of sp³-hybridized carbons (Fsp3) is 0.571. The summed E-state index contributed by atoms with van der Waals surface area (Å²) in [6, 6.07) is 2.60. The molecule has 3 heteroatoms. The first kappa shape index (κ1) is 12.4. The summed E-state index contributed by atoms with van der Waals surface area (Å²) >= 11 is 0. The van der Waals surface area contributed by atoms with Crippen molar-refractivity contribution in [1.29, 1.82) is 0 Å². The summed E-state index contributed by atoms with van der Waals surface area (Å²) in [4.78, 5) is 0. The van der Waals surface area contributed by atoms with Gasteiger partial charge in [0.2, 0.25) is 0 Å². The van der Waals surface area contributed by atoms with Crippen LogP contribution >= 0.6 is 0 Å². The molecule has 1 saturated carbocycles. The van der Waals surface area contributed by atoms with Gasteiger partial charge >= 0.3 is 0 Å². The van der Waals surface area contributed by atoms with E-state index in [0.717, 1.165) is 25.7 Å². The monoisotopic (exact) mass is 237 g/mol. The van der Waals surface area contributed by atoms with E-state index in [1.165, 1.54) is 12.5 Å². The maximum atomic E-state index is 13.8. The molecular formula is C14H20FNO. The van der Waals surface area contributed by atoms with Gasteiger partial charge in [-0.1, -0.05) is 25.3 Å². The van der Waals surface area contributed by atoms with E-state index < -0.39 is 0 Å². The number of phenols is 1. The molecule has 2 nitrogen and oxygen atoms in total. The molecule has 0 aliphatic heterocycles. The van der Waals surface area contributed by atoms with E-state index >= 15 is 0 Å². The van der Waals surface area contributed by atoms with Gasteiger partial charge < -0.3 is 10.8 Å². The standard InChI is InChI=1S/C14H20FNO/c1-9-7-8-11(15)12(14(9)17)13(16)10-5-3-2-4-6-10/h7-8,10,13,17H,2-6,16H2,1H3/t13-/m1/s1. The summed E-state index contributed by atoms with van der Waals surface area (Å²) in [7, 11) is 0. The lowest BCUT2D eigenvalue weighted by molar-refractivity contribution is 0.297. The zero-order chi connectivity index (χ0) is 12.4. The Hall–Kier alpha value is -1.09. The Kier molecular flexibility index (Phi) is 3.67. The number of halogens is 1. The van der Waals surface area contributed by atoms with Crippen LogP contribution in [0.1, 0.15) is 49.3 Å². The van der Waals surface area contributed by atoms with E-state index in [-0.39, 0.29) is 17.6 Å². The molecule has 0 radical (unpaired) electrons. The van der Waals surface area contributed by atoms with Gasteiger partial charge in [-0.25, -0.2) is 4.39 Å². The van der Waals surface area contributed by atoms with Crippen molar-refractivity contribution in [1.82, 2.24) is 0 Å². The summed E-state index contributed by atoms with van der Waals surface area (Å²) in [6.07, 6.45) is 5.63. The molecule has 3 N–H and O–H groups in total. The second kappa shape index (κ2) is 5.05. The highest BCUT2D eigenvalue weighted by Crippen LogP contribution is 2.38. The second-order valence-electron chi connectivity index (χ2n) is 5.05. The van der Waals surface area contributed by atoms with Crippen LogP contribution in [0.25, 0.3) is 0 Å². The molecule has 0 saturated heterocycles. The second-order valence-corrected chi connectivity index (χ2v) is 5.05. The van der Waals surface area contributed by atoms with Crippen LogP contribution in [0.15, 0.2) is 12.1 Å². The van der Waals surface area contributed by atoms with Crippen molar-refractivity contribution in [2.45, 2.75) is 45.1 Å². The predicted octanol–water partition coefficient (Wildman–Crippen LogP) is 3.42. The zero-order valence-electron chi connectivity index (χ0n) is 10.2. The van der Waals surface area contributed by atoms with Crippen molar-refractivity contribution in [3.05, 3.63) is 29.1 Å². The quantitative estimate of drug-likeness (QED) is 0.827. The Morgan fingerprint density at radius 3 is 2.59 bits per heavy atom. The summed E-state index contributed by atoms with van der Waals surface area (Å²) in [6.45, 7) is 1.77. The zero-order valence-corrected chi connectivity index (χ0v) is 10.2. The Bertz CT molecular complexity index is 399. The molecule has 0 heterocycles. The molecular weight excluding hydrogens is 217 g/mol. The van der Waals surface area contributed by atoms with Crippen LogP contribution in [0.3, 0.4) is 0 Å². The first-order valence-corrected chi connectivity index (χ1v) is 6.35. The van der Waals surface area contributed by atoms with Crippen molar-refractivity contribution in [3.8, 4) is 5.75 Å². The third-order valence-electron chi connectivity index (χ3n) is 3.86. The highest BCUT2D eigenvalue weighted by Gasteiger charge is 2.26. The van der Waals surface area contributed by atoms with Crippen molar-refractivity contribution in [3.63, 3.8) is 0 Å². The SMILES string of the molecule is Cc1ccc(F)c([C@H](N)C2CCCCC2)c1O. The lowest BCUT2D eigenvalue weighted by Crippen LogP contribution is -2.24. The molecule has 0 amide bonds.